The van der Waals surface area contributed by atoms with Crippen LogP contribution in [0.15, 0.2) is 48.5 Å². The minimum absolute atomic E-state index is 0.529. The molecule has 0 N–H and O–H groups in total. The van der Waals surface area contributed by atoms with Gasteiger partial charge in [-0.2, -0.15) is 0 Å². The Morgan fingerprint density at radius 1 is 1.09 bits per heavy atom. The third-order valence-electron chi connectivity index (χ3n) is 3.80. The van der Waals surface area contributed by atoms with Gasteiger partial charge in [-0.25, -0.2) is 4.39 Å². The molecule has 116 valence electrons. The molecule has 1 unspecified atom stereocenters. The van der Waals surface area contributed by atoms with Crippen LogP contribution in [-0.4, -0.2) is 31.3 Å². The highest BCUT2D eigenvalue weighted by Gasteiger charge is 2.21. The van der Waals surface area contributed by atoms with Crippen LogP contribution in [0.5, 0.6) is 17.2 Å². The third kappa shape index (κ3) is 3.77. The quantitative estimate of drug-likeness (QED) is 0.832. The van der Waals surface area contributed by atoms with Gasteiger partial charge in [-0.05, 0) is 36.2 Å². The summed E-state index contributed by atoms with van der Waals surface area (Å²) in [6, 6.07) is 15.5. The van der Waals surface area contributed by atoms with Crippen molar-refractivity contribution in [2.45, 2.75) is 19.1 Å². The van der Waals surface area contributed by atoms with E-state index in [1.165, 1.54) is 0 Å². The van der Waals surface area contributed by atoms with Crippen molar-refractivity contribution in [3.8, 4) is 17.2 Å². The van der Waals surface area contributed by atoms with Gasteiger partial charge in [-0.3, -0.25) is 4.90 Å². The van der Waals surface area contributed by atoms with E-state index >= 15 is 0 Å². The number of nitrogens with zero attached hydrogens (tertiary/aromatic N) is 1. The van der Waals surface area contributed by atoms with E-state index in [1.54, 1.807) is 7.11 Å². The minimum atomic E-state index is -0.684. The van der Waals surface area contributed by atoms with Crippen LogP contribution in [0.2, 0.25) is 0 Å². The van der Waals surface area contributed by atoms with E-state index in [-0.39, 0.29) is 0 Å². The maximum absolute atomic E-state index is 13.2. The molecule has 0 amide bonds. The molecule has 3 rings (SSSR count). The second-order valence-corrected chi connectivity index (χ2v) is 5.55. The van der Waals surface area contributed by atoms with Gasteiger partial charge in [0.1, 0.15) is 23.4 Å². The molecule has 3 nitrogen and oxygen atoms in total. The molecular weight excluding hydrogens is 281 g/mol. The van der Waals surface area contributed by atoms with Crippen LogP contribution in [0, 0.1) is 0 Å². The molecule has 22 heavy (non-hydrogen) atoms. The normalized spacial score (nSPS) is 18.4. The fourth-order valence-corrected chi connectivity index (χ4v) is 2.70. The van der Waals surface area contributed by atoms with Crippen LogP contribution in [0.25, 0.3) is 0 Å². The summed E-state index contributed by atoms with van der Waals surface area (Å²) in [6.07, 6.45) is -0.0452. The molecule has 1 heterocycles. The second kappa shape index (κ2) is 6.79. The standard InChI is InChI=1S/C18H20FNO2/c1-21-16-5-3-7-18(11-16)22-17-6-2-4-14(10-17)12-20-9-8-15(19)13-20/h2-7,10-11,15H,8-9,12-13H2,1H3. The third-order valence-corrected chi connectivity index (χ3v) is 3.80. The molecule has 0 radical (unpaired) electrons. The average Bonchev–Trinajstić information content (AvgIpc) is 2.93. The van der Waals surface area contributed by atoms with E-state index in [1.807, 2.05) is 48.5 Å². The Labute approximate surface area is 130 Å². The summed E-state index contributed by atoms with van der Waals surface area (Å²) in [6.45, 7) is 2.11. The van der Waals surface area contributed by atoms with E-state index < -0.39 is 6.17 Å². The summed E-state index contributed by atoms with van der Waals surface area (Å²) in [5, 5.41) is 0. The Morgan fingerprint density at radius 3 is 2.55 bits per heavy atom. The SMILES string of the molecule is COc1cccc(Oc2cccc(CN3CCC(F)C3)c2)c1. The molecule has 0 aliphatic carbocycles. The Bertz CT molecular complexity index is 632. The molecule has 0 spiro atoms. The van der Waals surface area contributed by atoms with Crippen molar-refractivity contribution < 1.29 is 13.9 Å². The molecule has 1 aliphatic heterocycles. The molecule has 0 aromatic heterocycles. The summed E-state index contributed by atoms with van der Waals surface area (Å²) in [5.41, 5.74) is 1.13. The molecule has 4 heteroatoms. The van der Waals surface area contributed by atoms with Crippen LogP contribution in [-0.2, 0) is 6.54 Å². The van der Waals surface area contributed by atoms with Gasteiger partial charge in [0.15, 0.2) is 0 Å². The summed E-state index contributed by atoms with van der Waals surface area (Å²) < 4.78 is 24.3. The second-order valence-electron chi connectivity index (χ2n) is 5.55. The molecule has 0 bridgehead atoms. The lowest BCUT2D eigenvalue weighted by Gasteiger charge is -2.15. The number of halogens is 1. The van der Waals surface area contributed by atoms with E-state index in [4.69, 9.17) is 9.47 Å². The number of hydrogen-bond acceptors (Lipinski definition) is 3. The molecular formula is C18H20FNO2. The van der Waals surface area contributed by atoms with Gasteiger partial charge in [0, 0.05) is 25.7 Å². The van der Waals surface area contributed by atoms with Crippen molar-refractivity contribution in [3.63, 3.8) is 0 Å². The van der Waals surface area contributed by atoms with Gasteiger partial charge in [0.25, 0.3) is 0 Å². The highest BCUT2D eigenvalue weighted by molar-refractivity contribution is 5.38. The van der Waals surface area contributed by atoms with Crippen molar-refractivity contribution in [2.75, 3.05) is 20.2 Å². The number of ether oxygens (including phenoxy) is 2. The average molecular weight is 301 g/mol. The maximum atomic E-state index is 13.2. The lowest BCUT2D eigenvalue weighted by atomic mass is 10.2. The summed E-state index contributed by atoms with van der Waals surface area (Å²) in [7, 11) is 1.63. The van der Waals surface area contributed by atoms with Crippen LogP contribution in [0.1, 0.15) is 12.0 Å². The molecule has 1 aliphatic rings. The number of hydrogen-bond donors (Lipinski definition) is 0. The Morgan fingerprint density at radius 2 is 1.82 bits per heavy atom. The number of methoxy groups -OCH3 is 1. The highest BCUT2D eigenvalue weighted by Crippen LogP contribution is 2.26. The number of likely N-dealkylation sites (tertiary alicyclic amines) is 1. The van der Waals surface area contributed by atoms with Gasteiger partial charge in [-0.15, -0.1) is 0 Å². The first-order valence-electron chi connectivity index (χ1n) is 7.50. The molecule has 0 saturated carbocycles. The van der Waals surface area contributed by atoms with Crippen LogP contribution in [0.3, 0.4) is 0 Å². The van der Waals surface area contributed by atoms with E-state index in [0.29, 0.717) is 13.0 Å². The van der Waals surface area contributed by atoms with Gasteiger partial charge < -0.3 is 9.47 Å². The Hall–Kier alpha value is -2.07. The van der Waals surface area contributed by atoms with Gasteiger partial charge in [0.05, 0.1) is 7.11 Å². The van der Waals surface area contributed by atoms with Gasteiger partial charge in [0.2, 0.25) is 0 Å². The Balaban J connectivity index is 1.68. The Kier molecular flexibility index (Phi) is 4.59. The lowest BCUT2D eigenvalue weighted by Crippen LogP contribution is -2.20. The van der Waals surface area contributed by atoms with Crippen molar-refractivity contribution in [1.82, 2.24) is 4.90 Å². The molecule has 2 aromatic carbocycles. The fourth-order valence-electron chi connectivity index (χ4n) is 2.70. The zero-order chi connectivity index (χ0) is 15.4. The van der Waals surface area contributed by atoms with Crippen LogP contribution < -0.4 is 9.47 Å². The molecule has 1 atom stereocenters. The predicted molar refractivity (Wildman–Crippen MR) is 84.3 cm³/mol. The van der Waals surface area contributed by atoms with Crippen LogP contribution in [0.4, 0.5) is 4.39 Å². The molecule has 1 saturated heterocycles. The van der Waals surface area contributed by atoms with E-state index in [9.17, 15) is 4.39 Å². The predicted octanol–water partition coefficient (Wildman–Crippen LogP) is 4.03. The first-order chi connectivity index (χ1) is 10.7. The fraction of sp³-hybridized carbons (Fsp3) is 0.333. The van der Waals surface area contributed by atoms with Crippen molar-refractivity contribution in [1.29, 1.82) is 0 Å². The summed E-state index contributed by atoms with van der Waals surface area (Å²) in [4.78, 5) is 2.13. The largest absolute Gasteiger partial charge is 0.497 e. The van der Waals surface area contributed by atoms with E-state index in [0.717, 1.165) is 35.9 Å². The van der Waals surface area contributed by atoms with E-state index in [2.05, 4.69) is 4.90 Å². The molecule has 1 fully saturated rings. The van der Waals surface area contributed by atoms with Crippen molar-refractivity contribution in [3.05, 3.63) is 54.1 Å². The topological polar surface area (TPSA) is 21.7 Å². The zero-order valence-corrected chi connectivity index (χ0v) is 12.7. The smallest absolute Gasteiger partial charge is 0.131 e. The number of alkyl halides is 1. The number of benzene rings is 2. The first kappa shape index (κ1) is 14.9. The number of rotatable bonds is 5. The van der Waals surface area contributed by atoms with Crippen molar-refractivity contribution >= 4 is 0 Å². The first-order valence-corrected chi connectivity index (χ1v) is 7.50. The highest BCUT2D eigenvalue weighted by atomic mass is 19.1. The maximum Gasteiger partial charge on any atom is 0.131 e. The van der Waals surface area contributed by atoms with Gasteiger partial charge >= 0.3 is 0 Å². The molecule has 2 aromatic rings. The van der Waals surface area contributed by atoms with Crippen molar-refractivity contribution in [2.24, 2.45) is 0 Å². The summed E-state index contributed by atoms with van der Waals surface area (Å²) >= 11 is 0. The van der Waals surface area contributed by atoms with Crippen LogP contribution >= 0.6 is 0 Å². The van der Waals surface area contributed by atoms with Gasteiger partial charge in [-0.1, -0.05) is 18.2 Å². The monoisotopic (exact) mass is 301 g/mol. The lowest BCUT2D eigenvalue weighted by molar-refractivity contribution is 0.282. The minimum Gasteiger partial charge on any atom is -0.497 e. The summed E-state index contributed by atoms with van der Waals surface area (Å²) in [5.74, 6) is 2.28. The zero-order valence-electron chi connectivity index (χ0n) is 12.7.